The predicted octanol–water partition coefficient (Wildman–Crippen LogP) is 3.21. The van der Waals surface area contributed by atoms with E-state index < -0.39 is 10.8 Å². The summed E-state index contributed by atoms with van der Waals surface area (Å²) < 4.78 is 12.0. The average molecular weight is 271 g/mol. The summed E-state index contributed by atoms with van der Waals surface area (Å²) in [7, 11) is -1.01. The van der Waals surface area contributed by atoms with Gasteiger partial charge in [0.15, 0.2) is 0 Å². The number of halogens is 1. The highest BCUT2D eigenvalue weighted by molar-refractivity contribution is 7.85. The third-order valence-corrected chi connectivity index (χ3v) is 4.82. The summed E-state index contributed by atoms with van der Waals surface area (Å²) in [5, 5.41) is 0.650. The average Bonchev–Trinajstić information content (AvgIpc) is 2.73. The topological polar surface area (TPSA) is 34.1 Å². The third kappa shape index (κ3) is 3.39. The molecule has 0 spiro atoms. The van der Waals surface area contributed by atoms with Gasteiger partial charge in [0.1, 0.15) is 5.78 Å². The lowest BCUT2D eigenvalue weighted by molar-refractivity contribution is -0.120. The van der Waals surface area contributed by atoms with Crippen molar-refractivity contribution < 1.29 is 9.00 Å². The monoisotopic (exact) mass is 270 g/mol. The van der Waals surface area contributed by atoms with Crippen LogP contribution in [-0.4, -0.2) is 15.7 Å². The van der Waals surface area contributed by atoms with Crippen LogP contribution >= 0.6 is 11.6 Å². The molecule has 0 aromatic heterocycles. The van der Waals surface area contributed by atoms with Gasteiger partial charge in [0, 0.05) is 28.0 Å². The molecule has 2 nitrogen and oxygen atoms in total. The van der Waals surface area contributed by atoms with Crippen LogP contribution in [0.4, 0.5) is 0 Å². The number of ketones is 1. The quantitative estimate of drug-likeness (QED) is 0.842. The van der Waals surface area contributed by atoms with Crippen LogP contribution in [0.1, 0.15) is 25.7 Å². The van der Waals surface area contributed by atoms with Gasteiger partial charge in [-0.15, -0.1) is 0 Å². The first-order valence-corrected chi connectivity index (χ1v) is 7.53. The SMILES string of the molecule is O=C1CCCC1CCS(=O)c1ccc(Cl)cc1. The molecule has 0 heterocycles. The fourth-order valence-corrected chi connectivity index (χ4v) is 3.45. The minimum absolute atomic E-state index is 0.145. The van der Waals surface area contributed by atoms with Crippen LogP contribution in [0.2, 0.25) is 5.02 Å². The van der Waals surface area contributed by atoms with Crippen LogP contribution in [0.5, 0.6) is 0 Å². The predicted molar refractivity (Wildman–Crippen MR) is 69.7 cm³/mol. The Bertz CT molecular complexity index is 428. The van der Waals surface area contributed by atoms with Crippen molar-refractivity contribution in [1.82, 2.24) is 0 Å². The van der Waals surface area contributed by atoms with Gasteiger partial charge in [0.2, 0.25) is 0 Å². The summed E-state index contributed by atoms with van der Waals surface area (Å²) in [5.74, 6) is 1.06. The largest absolute Gasteiger partial charge is 0.299 e. The van der Waals surface area contributed by atoms with Crippen molar-refractivity contribution in [2.45, 2.75) is 30.6 Å². The van der Waals surface area contributed by atoms with E-state index in [1.165, 1.54) is 0 Å². The summed E-state index contributed by atoms with van der Waals surface area (Å²) >= 11 is 5.77. The highest BCUT2D eigenvalue weighted by Crippen LogP contribution is 2.25. The van der Waals surface area contributed by atoms with Crippen LogP contribution in [0.15, 0.2) is 29.2 Å². The molecule has 0 radical (unpaired) electrons. The molecule has 2 atom stereocenters. The number of Topliss-reactive ketones (excluding diaryl/α,β-unsaturated/α-hetero) is 1. The maximum Gasteiger partial charge on any atom is 0.136 e. The molecule has 1 aromatic rings. The van der Waals surface area contributed by atoms with E-state index in [1.54, 1.807) is 24.3 Å². The minimum Gasteiger partial charge on any atom is -0.299 e. The van der Waals surface area contributed by atoms with Crippen molar-refractivity contribution in [1.29, 1.82) is 0 Å². The normalized spacial score (nSPS) is 21.7. The number of hydrogen-bond donors (Lipinski definition) is 0. The van der Waals surface area contributed by atoms with E-state index in [0.717, 1.165) is 24.2 Å². The molecule has 0 saturated heterocycles. The summed E-state index contributed by atoms with van der Waals surface area (Å²) in [6, 6.07) is 7.06. The Labute approximate surface area is 109 Å². The maximum absolute atomic E-state index is 12.0. The van der Waals surface area contributed by atoms with Gasteiger partial charge in [-0.2, -0.15) is 0 Å². The standard InChI is InChI=1S/C13H15ClO2S/c14-11-4-6-12(7-5-11)17(16)9-8-10-2-1-3-13(10)15/h4-7,10H,1-3,8-9H2. The van der Waals surface area contributed by atoms with Gasteiger partial charge < -0.3 is 0 Å². The molecule has 17 heavy (non-hydrogen) atoms. The molecule has 1 fully saturated rings. The second-order valence-corrected chi connectivity index (χ2v) is 6.35. The van der Waals surface area contributed by atoms with Crippen molar-refractivity contribution in [2.24, 2.45) is 5.92 Å². The van der Waals surface area contributed by atoms with Crippen LogP contribution in [0, 0.1) is 5.92 Å². The summed E-state index contributed by atoms with van der Waals surface area (Å²) in [6.45, 7) is 0. The molecule has 2 unspecified atom stereocenters. The molecule has 1 aliphatic rings. The van der Waals surface area contributed by atoms with E-state index in [1.807, 2.05) is 0 Å². The number of carbonyl (C=O) groups is 1. The molecule has 1 aromatic carbocycles. The van der Waals surface area contributed by atoms with Gasteiger partial charge in [-0.1, -0.05) is 11.6 Å². The van der Waals surface area contributed by atoms with Crippen LogP contribution in [-0.2, 0) is 15.6 Å². The molecule has 0 N–H and O–H groups in total. The molecular formula is C13H15ClO2S. The zero-order valence-electron chi connectivity index (χ0n) is 9.52. The van der Waals surface area contributed by atoms with Crippen molar-refractivity contribution in [2.75, 3.05) is 5.75 Å². The van der Waals surface area contributed by atoms with Crippen LogP contribution < -0.4 is 0 Å². The van der Waals surface area contributed by atoms with Crippen LogP contribution in [0.25, 0.3) is 0 Å². The lowest BCUT2D eigenvalue weighted by atomic mass is 10.1. The van der Waals surface area contributed by atoms with Gasteiger partial charge in [0.25, 0.3) is 0 Å². The van der Waals surface area contributed by atoms with E-state index in [4.69, 9.17) is 11.6 Å². The van der Waals surface area contributed by atoms with Crippen molar-refractivity contribution in [3.8, 4) is 0 Å². The Kier molecular flexibility index (Phi) is 4.35. The first-order chi connectivity index (χ1) is 8.16. The van der Waals surface area contributed by atoms with Crippen LogP contribution in [0.3, 0.4) is 0 Å². The van der Waals surface area contributed by atoms with E-state index in [-0.39, 0.29) is 5.92 Å². The van der Waals surface area contributed by atoms with Crippen molar-refractivity contribution in [3.63, 3.8) is 0 Å². The maximum atomic E-state index is 12.0. The lowest BCUT2D eigenvalue weighted by Crippen LogP contribution is -2.10. The number of hydrogen-bond acceptors (Lipinski definition) is 2. The van der Waals surface area contributed by atoms with Gasteiger partial charge in [-0.3, -0.25) is 9.00 Å². The third-order valence-electron chi connectivity index (χ3n) is 3.16. The smallest absolute Gasteiger partial charge is 0.136 e. The number of carbonyl (C=O) groups excluding carboxylic acids is 1. The summed E-state index contributed by atoms with van der Waals surface area (Å²) in [5.41, 5.74) is 0. The Hall–Kier alpha value is -0.670. The number of benzene rings is 1. The van der Waals surface area contributed by atoms with E-state index in [2.05, 4.69) is 0 Å². The zero-order chi connectivity index (χ0) is 12.3. The Morgan fingerprint density at radius 2 is 2.00 bits per heavy atom. The first-order valence-electron chi connectivity index (χ1n) is 5.83. The molecule has 0 amide bonds. The molecule has 1 saturated carbocycles. The van der Waals surface area contributed by atoms with Crippen molar-refractivity contribution >= 4 is 28.2 Å². The van der Waals surface area contributed by atoms with E-state index in [0.29, 0.717) is 23.0 Å². The first kappa shape index (κ1) is 12.8. The summed E-state index contributed by atoms with van der Waals surface area (Å²) in [6.07, 6.45) is 3.42. The Morgan fingerprint density at radius 1 is 1.29 bits per heavy atom. The molecule has 0 bridgehead atoms. The van der Waals surface area contributed by atoms with Gasteiger partial charge in [-0.25, -0.2) is 0 Å². The minimum atomic E-state index is -1.01. The zero-order valence-corrected chi connectivity index (χ0v) is 11.1. The van der Waals surface area contributed by atoms with E-state index >= 15 is 0 Å². The Morgan fingerprint density at radius 3 is 2.59 bits per heavy atom. The molecule has 0 aliphatic heterocycles. The van der Waals surface area contributed by atoms with E-state index in [9.17, 15) is 9.00 Å². The fourth-order valence-electron chi connectivity index (χ4n) is 2.15. The molecule has 92 valence electrons. The molecule has 2 rings (SSSR count). The molecular weight excluding hydrogens is 256 g/mol. The second-order valence-electron chi connectivity index (χ2n) is 4.35. The number of rotatable bonds is 4. The van der Waals surface area contributed by atoms with Crippen molar-refractivity contribution in [3.05, 3.63) is 29.3 Å². The second kappa shape index (κ2) is 5.78. The lowest BCUT2D eigenvalue weighted by Gasteiger charge is -2.07. The fraction of sp³-hybridized carbons (Fsp3) is 0.462. The molecule has 1 aliphatic carbocycles. The molecule has 4 heteroatoms. The van der Waals surface area contributed by atoms with Gasteiger partial charge >= 0.3 is 0 Å². The van der Waals surface area contributed by atoms with Gasteiger partial charge in [-0.05, 0) is 43.5 Å². The van der Waals surface area contributed by atoms with Gasteiger partial charge in [0.05, 0.1) is 10.8 Å². The summed E-state index contributed by atoms with van der Waals surface area (Å²) in [4.78, 5) is 12.2. The highest BCUT2D eigenvalue weighted by Gasteiger charge is 2.24. The highest BCUT2D eigenvalue weighted by atomic mass is 35.5. The Balaban J connectivity index is 1.89.